The molecular formula is C17H19BrN2O4S2. The van der Waals surface area contributed by atoms with Gasteiger partial charge in [0.15, 0.2) is 9.84 Å². The lowest BCUT2D eigenvalue weighted by atomic mass is 10.1. The molecule has 2 N–H and O–H groups in total. The number of rotatable bonds is 6. The number of sulfone groups is 1. The third-order valence-electron chi connectivity index (χ3n) is 3.70. The van der Waals surface area contributed by atoms with Crippen molar-refractivity contribution in [3.8, 4) is 0 Å². The third kappa shape index (κ3) is 5.39. The summed E-state index contributed by atoms with van der Waals surface area (Å²) in [4.78, 5) is 25.1. The number of halogens is 1. The van der Waals surface area contributed by atoms with Crippen molar-refractivity contribution < 1.29 is 18.0 Å². The standard InChI is InChI=1S/C17H19BrN2O4S2/c1-10(12-4-6-13(7-5-12)26(3,23)24)19-16(21)11(2)20-17(22)14-8-9-15(18)25-14/h4-11H,1-3H3,(H,19,21)(H,20,22). The van der Waals surface area contributed by atoms with E-state index in [0.29, 0.717) is 4.88 Å². The van der Waals surface area contributed by atoms with Gasteiger partial charge in [0.2, 0.25) is 5.91 Å². The third-order valence-corrected chi connectivity index (χ3v) is 6.46. The van der Waals surface area contributed by atoms with Gasteiger partial charge in [-0.15, -0.1) is 11.3 Å². The van der Waals surface area contributed by atoms with E-state index in [9.17, 15) is 18.0 Å². The number of hydrogen-bond acceptors (Lipinski definition) is 5. The van der Waals surface area contributed by atoms with Crippen molar-refractivity contribution in [2.24, 2.45) is 0 Å². The molecule has 140 valence electrons. The maximum Gasteiger partial charge on any atom is 0.262 e. The minimum Gasteiger partial charge on any atom is -0.348 e. The van der Waals surface area contributed by atoms with Crippen LogP contribution in [0.4, 0.5) is 0 Å². The lowest BCUT2D eigenvalue weighted by Crippen LogP contribution is -2.45. The van der Waals surface area contributed by atoms with E-state index in [-0.39, 0.29) is 22.8 Å². The Hall–Kier alpha value is -1.71. The zero-order valence-electron chi connectivity index (χ0n) is 14.4. The number of thiophene rings is 1. The van der Waals surface area contributed by atoms with E-state index < -0.39 is 15.9 Å². The normalized spacial score (nSPS) is 13.7. The number of hydrogen-bond donors (Lipinski definition) is 2. The monoisotopic (exact) mass is 458 g/mol. The first kappa shape index (κ1) is 20.6. The summed E-state index contributed by atoms with van der Waals surface area (Å²) >= 11 is 4.58. The van der Waals surface area contributed by atoms with Gasteiger partial charge < -0.3 is 10.6 Å². The second-order valence-electron chi connectivity index (χ2n) is 5.87. The minimum absolute atomic E-state index is 0.225. The predicted octanol–water partition coefficient (Wildman–Crippen LogP) is 2.91. The van der Waals surface area contributed by atoms with E-state index in [2.05, 4.69) is 26.6 Å². The van der Waals surface area contributed by atoms with Crippen molar-refractivity contribution >= 4 is 48.9 Å². The van der Waals surface area contributed by atoms with E-state index in [1.807, 2.05) is 0 Å². The fourth-order valence-corrected chi connectivity index (χ4v) is 4.11. The first-order valence-electron chi connectivity index (χ1n) is 7.74. The quantitative estimate of drug-likeness (QED) is 0.695. The topological polar surface area (TPSA) is 92.3 Å². The Morgan fingerprint density at radius 2 is 1.65 bits per heavy atom. The largest absolute Gasteiger partial charge is 0.348 e. The second-order valence-corrected chi connectivity index (χ2v) is 10.3. The summed E-state index contributed by atoms with van der Waals surface area (Å²) in [5, 5.41) is 5.46. The van der Waals surface area contributed by atoms with Crippen molar-refractivity contribution in [2.75, 3.05) is 6.26 Å². The van der Waals surface area contributed by atoms with Gasteiger partial charge in [-0.05, 0) is 59.6 Å². The number of carbonyl (C=O) groups is 2. The summed E-state index contributed by atoms with van der Waals surface area (Å²) in [6.45, 7) is 3.40. The van der Waals surface area contributed by atoms with E-state index in [0.717, 1.165) is 15.6 Å². The molecule has 2 amide bonds. The van der Waals surface area contributed by atoms with Gasteiger partial charge in [-0.2, -0.15) is 0 Å². The Morgan fingerprint density at radius 3 is 2.15 bits per heavy atom. The summed E-state index contributed by atoms with van der Waals surface area (Å²) in [6, 6.07) is 8.75. The molecule has 0 aliphatic rings. The number of benzene rings is 1. The van der Waals surface area contributed by atoms with Crippen LogP contribution in [0.5, 0.6) is 0 Å². The van der Waals surface area contributed by atoms with Gasteiger partial charge in [0.1, 0.15) is 6.04 Å². The van der Waals surface area contributed by atoms with Crippen LogP contribution < -0.4 is 10.6 Å². The van der Waals surface area contributed by atoms with E-state index in [4.69, 9.17) is 0 Å². The van der Waals surface area contributed by atoms with Crippen LogP contribution in [0.15, 0.2) is 45.1 Å². The van der Waals surface area contributed by atoms with Crippen LogP contribution in [-0.2, 0) is 14.6 Å². The van der Waals surface area contributed by atoms with Crippen molar-refractivity contribution in [1.29, 1.82) is 0 Å². The van der Waals surface area contributed by atoms with Crippen molar-refractivity contribution in [2.45, 2.75) is 30.8 Å². The molecule has 0 radical (unpaired) electrons. The summed E-state index contributed by atoms with van der Waals surface area (Å²) in [7, 11) is -3.26. The molecule has 2 atom stereocenters. The van der Waals surface area contributed by atoms with Crippen molar-refractivity contribution in [3.63, 3.8) is 0 Å². The summed E-state index contributed by atoms with van der Waals surface area (Å²) in [5.41, 5.74) is 0.770. The Labute approximate surface area is 165 Å². The number of carbonyl (C=O) groups excluding carboxylic acids is 2. The molecule has 6 nitrogen and oxygen atoms in total. The highest BCUT2D eigenvalue weighted by Gasteiger charge is 2.20. The first-order valence-corrected chi connectivity index (χ1v) is 11.2. The molecule has 0 fully saturated rings. The Balaban J connectivity index is 1.96. The SMILES string of the molecule is CC(NC(=O)c1ccc(Br)s1)C(=O)NC(C)c1ccc(S(C)(=O)=O)cc1. The van der Waals surface area contributed by atoms with Gasteiger partial charge in [0.05, 0.1) is 19.6 Å². The molecule has 1 aromatic carbocycles. The van der Waals surface area contributed by atoms with Crippen LogP contribution in [0.3, 0.4) is 0 Å². The minimum atomic E-state index is -3.26. The van der Waals surface area contributed by atoms with Crippen molar-refractivity contribution in [3.05, 3.63) is 50.6 Å². The van der Waals surface area contributed by atoms with Gasteiger partial charge in [0, 0.05) is 6.26 Å². The molecule has 2 unspecified atom stereocenters. The lowest BCUT2D eigenvalue weighted by molar-refractivity contribution is -0.123. The molecule has 0 bridgehead atoms. The van der Waals surface area contributed by atoms with Crippen LogP contribution >= 0.6 is 27.3 Å². The molecule has 0 aliphatic heterocycles. The average Bonchev–Trinajstić information content (AvgIpc) is 3.00. The van der Waals surface area contributed by atoms with Crippen LogP contribution in [0.2, 0.25) is 0 Å². The number of nitrogens with one attached hydrogen (secondary N) is 2. The summed E-state index contributed by atoms with van der Waals surface area (Å²) in [6.07, 6.45) is 1.14. The summed E-state index contributed by atoms with van der Waals surface area (Å²) in [5.74, 6) is -0.637. The predicted molar refractivity (Wildman–Crippen MR) is 105 cm³/mol. The molecule has 1 aromatic heterocycles. The van der Waals surface area contributed by atoms with Crippen LogP contribution in [0, 0.1) is 0 Å². The van der Waals surface area contributed by atoms with E-state index in [1.165, 1.54) is 23.5 Å². The molecule has 0 saturated heterocycles. The highest BCUT2D eigenvalue weighted by molar-refractivity contribution is 9.11. The van der Waals surface area contributed by atoms with Gasteiger partial charge in [0.25, 0.3) is 5.91 Å². The Bertz CT molecular complexity index is 907. The highest BCUT2D eigenvalue weighted by Crippen LogP contribution is 2.22. The van der Waals surface area contributed by atoms with Gasteiger partial charge in [-0.1, -0.05) is 12.1 Å². The average molecular weight is 459 g/mol. The first-order chi connectivity index (χ1) is 12.1. The molecule has 9 heteroatoms. The zero-order chi connectivity index (χ0) is 19.5. The fourth-order valence-electron chi connectivity index (χ4n) is 2.20. The molecule has 1 heterocycles. The van der Waals surface area contributed by atoms with E-state index in [1.54, 1.807) is 38.1 Å². The van der Waals surface area contributed by atoms with Gasteiger partial charge >= 0.3 is 0 Å². The van der Waals surface area contributed by atoms with Crippen LogP contribution in [-0.4, -0.2) is 32.5 Å². The lowest BCUT2D eigenvalue weighted by Gasteiger charge is -2.19. The Kier molecular flexibility index (Phi) is 6.59. The zero-order valence-corrected chi connectivity index (χ0v) is 17.7. The Morgan fingerprint density at radius 1 is 1.04 bits per heavy atom. The maximum absolute atomic E-state index is 12.3. The molecule has 2 rings (SSSR count). The molecule has 0 saturated carbocycles. The number of amides is 2. The molecule has 0 aliphatic carbocycles. The van der Waals surface area contributed by atoms with E-state index >= 15 is 0 Å². The van der Waals surface area contributed by atoms with Gasteiger partial charge in [-0.25, -0.2) is 8.42 Å². The van der Waals surface area contributed by atoms with Crippen LogP contribution in [0.1, 0.15) is 35.1 Å². The van der Waals surface area contributed by atoms with Crippen molar-refractivity contribution in [1.82, 2.24) is 10.6 Å². The maximum atomic E-state index is 12.3. The van der Waals surface area contributed by atoms with Crippen LogP contribution in [0.25, 0.3) is 0 Å². The van der Waals surface area contributed by atoms with Gasteiger partial charge in [-0.3, -0.25) is 9.59 Å². The highest BCUT2D eigenvalue weighted by atomic mass is 79.9. The molecular weight excluding hydrogens is 440 g/mol. The molecule has 26 heavy (non-hydrogen) atoms. The smallest absolute Gasteiger partial charge is 0.262 e. The fraction of sp³-hybridized carbons (Fsp3) is 0.294. The molecule has 2 aromatic rings. The molecule has 0 spiro atoms. The second kappa shape index (κ2) is 8.32. The summed E-state index contributed by atoms with van der Waals surface area (Å²) < 4.78 is 23.8.